The molecule has 31 heavy (non-hydrogen) atoms. The first-order valence-corrected chi connectivity index (χ1v) is 11.6. The predicted octanol–water partition coefficient (Wildman–Crippen LogP) is 3.63. The molecule has 0 atom stereocenters. The number of benzene rings is 1. The Morgan fingerprint density at radius 2 is 1.77 bits per heavy atom. The van der Waals surface area contributed by atoms with Crippen LogP contribution in [0.25, 0.3) is 0 Å². The Kier molecular flexibility index (Phi) is 4.63. The zero-order valence-electron chi connectivity index (χ0n) is 17.6. The van der Waals surface area contributed by atoms with Gasteiger partial charge in [0.05, 0.1) is 34.5 Å². The van der Waals surface area contributed by atoms with Crippen LogP contribution in [-0.2, 0) is 20.0 Å². The van der Waals surface area contributed by atoms with Gasteiger partial charge >= 0.3 is 0 Å². The van der Waals surface area contributed by atoms with Crippen molar-refractivity contribution in [3.8, 4) is 0 Å². The minimum atomic E-state index is -3.12. The number of hydrogen-bond acceptors (Lipinski definition) is 5. The number of ketones is 1. The number of aryl methyl sites for hydroxylation is 1. The smallest absolute Gasteiger partial charge is 0.241 e. The molecule has 6 nitrogen and oxygen atoms in total. The monoisotopic (exact) mass is 448 g/mol. The topological polar surface area (TPSA) is 84.4 Å². The maximum absolute atomic E-state index is 15.3. The van der Waals surface area contributed by atoms with Crippen molar-refractivity contribution in [1.82, 2.24) is 4.98 Å². The number of Topliss-reactive ketones (excluding diaryl/α,β-unsaturated/α-hetero) is 1. The largest absolute Gasteiger partial charge is 0.294 e. The molecule has 0 bridgehead atoms. The van der Waals surface area contributed by atoms with E-state index in [0.29, 0.717) is 5.69 Å². The van der Waals surface area contributed by atoms with Gasteiger partial charge in [0.25, 0.3) is 0 Å². The van der Waals surface area contributed by atoms with Gasteiger partial charge in [0.15, 0.2) is 21.4 Å². The van der Waals surface area contributed by atoms with Gasteiger partial charge in [-0.3, -0.25) is 19.5 Å². The predicted molar refractivity (Wildman–Crippen MR) is 111 cm³/mol. The van der Waals surface area contributed by atoms with E-state index < -0.39 is 44.0 Å². The lowest BCUT2D eigenvalue weighted by Gasteiger charge is -2.37. The molecule has 1 saturated heterocycles. The van der Waals surface area contributed by atoms with Crippen LogP contribution in [0.4, 0.5) is 20.2 Å². The van der Waals surface area contributed by atoms with Crippen molar-refractivity contribution in [3.63, 3.8) is 0 Å². The lowest BCUT2D eigenvalue weighted by molar-refractivity contribution is -0.121. The Bertz CT molecular complexity index is 1240. The highest BCUT2D eigenvalue weighted by Crippen LogP contribution is 2.48. The Morgan fingerprint density at radius 1 is 1.13 bits per heavy atom. The number of hydrogen-bond donors (Lipinski definition) is 0. The zero-order valence-corrected chi connectivity index (χ0v) is 18.4. The molecule has 0 radical (unpaired) electrons. The van der Waals surface area contributed by atoms with Crippen LogP contribution in [0.5, 0.6) is 0 Å². The van der Waals surface area contributed by atoms with E-state index in [0.717, 1.165) is 17.2 Å². The minimum absolute atomic E-state index is 0.0409. The summed E-state index contributed by atoms with van der Waals surface area (Å²) in [6, 6.07) is 3.86. The van der Waals surface area contributed by atoms with Crippen LogP contribution in [0.15, 0.2) is 24.4 Å². The van der Waals surface area contributed by atoms with Gasteiger partial charge in [-0.15, -0.1) is 0 Å². The van der Waals surface area contributed by atoms with E-state index in [9.17, 15) is 22.4 Å². The van der Waals surface area contributed by atoms with Crippen molar-refractivity contribution in [2.45, 2.75) is 39.5 Å². The highest BCUT2D eigenvalue weighted by Gasteiger charge is 2.49. The maximum atomic E-state index is 15.3. The Hall–Kier alpha value is -2.68. The van der Waals surface area contributed by atoms with Crippen molar-refractivity contribution in [2.75, 3.05) is 16.4 Å². The number of rotatable bonds is 4. The number of sulfone groups is 1. The number of fused-ring (bicyclic) bond motifs is 1. The van der Waals surface area contributed by atoms with Gasteiger partial charge in [-0.25, -0.2) is 17.2 Å². The summed E-state index contributed by atoms with van der Waals surface area (Å²) >= 11 is 0. The lowest BCUT2D eigenvalue weighted by Crippen LogP contribution is -2.47. The fraction of sp³-hybridized carbons (Fsp3) is 0.409. The normalized spacial score (nSPS) is 20.3. The van der Waals surface area contributed by atoms with Crippen LogP contribution in [0.3, 0.4) is 0 Å². The molecule has 2 aliphatic rings. The molecule has 3 heterocycles. The number of carbonyl (C=O) groups is 2. The number of pyridine rings is 1. The molecule has 0 spiro atoms. The van der Waals surface area contributed by atoms with Gasteiger partial charge in [-0.2, -0.15) is 0 Å². The molecule has 1 fully saturated rings. The summed E-state index contributed by atoms with van der Waals surface area (Å²) in [6.07, 6.45) is 0.937. The molecule has 9 heteroatoms. The number of carbonyl (C=O) groups excluding carboxylic acids is 2. The molecular weight excluding hydrogens is 426 g/mol. The highest BCUT2D eigenvalue weighted by atomic mass is 32.2. The van der Waals surface area contributed by atoms with E-state index in [1.165, 1.54) is 12.1 Å². The molecule has 0 unspecified atom stereocenters. The number of nitrogens with zero attached hydrogens (tertiary/aromatic N) is 2. The van der Waals surface area contributed by atoms with E-state index in [1.54, 1.807) is 27.7 Å². The van der Waals surface area contributed by atoms with Gasteiger partial charge in [0.2, 0.25) is 5.91 Å². The summed E-state index contributed by atoms with van der Waals surface area (Å²) in [4.78, 5) is 30.8. The van der Waals surface area contributed by atoms with E-state index in [4.69, 9.17) is 0 Å². The van der Waals surface area contributed by atoms with Crippen LogP contribution in [-0.4, -0.2) is 36.6 Å². The fourth-order valence-corrected chi connectivity index (χ4v) is 6.74. The summed E-state index contributed by atoms with van der Waals surface area (Å²) in [5.74, 6) is -2.67. The van der Waals surface area contributed by atoms with Crippen molar-refractivity contribution in [3.05, 3.63) is 52.9 Å². The van der Waals surface area contributed by atoms with Crippen LogP contribution in [0.1, 0.15) is 48.8 Å². The average Bonchev–Trinajstić information content (AvgIpc) is 2.82. The summed E-state index contributed by atoms with van der Waals surface area (Å²) in [5, 5.41) is 0. The fourth-order valence-electron chi connectivity index (χ4n) is 4.50. The van der Waals surface area contributed by atoms with Crippen LogP contribution >= 0.6 is 0 Å². The third-order valence-corrected chi connectivity index (χ3v) is 8.23. The number of anilines is 2. The SMILES string of the molecule is Cc1cc(N2C(=O)C(C)(C)c3cc(C(=O)CC4(C)CS(=O)(=O)C4)cc(F)c32)c(F)cn1. The summed E-state index contributed by atoms with van der Waals surface area (Å²) in [7, 11) is -3.12. The number of amides is 1. The molecule has 0 saturated carbocycles. The standard InChI is InChI=1S/C22H22F2N2O4S/c1-12-5-17(16(24)9-25-12)26-19-14(21(2,3)20(26)28)6-13(7-15(19)23)18(27)8-22(4)10-31(29,30)11-22/h5-7,9H,8,10-11H2,1-4H3. The van der Waals surface area contributed by atoms with Crippen molar-refractivity contribution < 1.29 is 26.8 Å². The molecule has 1 aromatic carbocycles. The second-order valence-electron chi connectivity index (χ2n) is 9.34. The first kappa shape index (κ1) is 21.5. The third-order valence-electron chi connectivity index (χ3n) is 5.96. The molecule has 2 aliphatic heterocycles. The van der Waals surface area contributed by atoms with Gasteiger partial charge in [-0.1, -0.05) is 6.92 Å². The average molecular weight is 448 g/mol. The molecule has 0 aliphatic carbocycles. The molecule has 1 amide bonds. The first-order valence-electron chi connectivity index (χ1n) is 9.78. The Morgan fingerprint density at radius 3 is 2.39 bits per heavy atom. The molecule has 0 N–H and O–H groups in total. The second kappa shape index (κ2) is 6.66. The van der Waals surface area contributed by atoms with Crippen LogP contribution in [0.2, 0.25) is 0 Å². The van der Waals surface area contributed by atoms with Crippen molar-refractivity contribution in [2.24, 2.45) is 5.41 Å². The highest BCUT2D eigenvalue weighted by molar-refractivity contribution is 7.92. The van der Waals surface area contributed by atoms with Crippen LogP contribution < -0.4 is 4.90 Å². The number of aromatic nitrogens is 1. The van der Waals surface area contributed by atoms with Gasteiger partial charge < -0.3 is 0 Å². The van der Waals surface area contributed by atoms with Gasteiger partial charge in [-0.05, 0) is 44.5 Å². The maximum Gasteiger partial charge on any atom is 0.241 e. The van der Waals surface area contributed by atoms with E-state index in [1.807, 2.05) is 0 Å². The Labute approximate surface area is 179 Å². The quantitative estimate of drug-likeness (QED) is 0.667. The first-order chi connectivity index (χ1) is 14.2. The molecule has 164 valence electrons. The molecular formula is C22H22F2N2O4S. The second-order valence-corrected chi connectivity index (χ2v) is 11.4. The Balaban J connectivity index is 1.77. The van der Waals surface area contributed by atoms with E-state index >= 15 is 4.39 Å². The zero-order chi connectivity index (χ0) is 22.9. The lowest BCUT2D eigenvalue weighted by atomic mass is 9.82. The van der Waals surface area contributed by atoms with Gasteiger partial charge in [0.1, 0.15) is 5.82 Å². The summed E-state index contributed by atoms with van der Waals surface area (Å²) < 4.78 is 52.8. The minimum Gasteiger partial charge on any atom is -0.294 e. The summed E-state index contributed by atoms with van der Waals surface area (Å²) in [6.45, 7) is 6.52. The van der Waals surface area contributed by atoms with E-state index in [-0.39, 0.29) is 40.4 Å². The third kappa shape index (κ3) is 3.44. The molecule has 2 aromatic rings. The van der Waals surface area contributed by atoms with Crippen molar-refractivity contribution in [1.29, 1.82) is 0 Å². The molecule has 1 aromatic heterocycles. The van der Waals surface area contributed by atoms with Gasteiger partial charge in [0, 0.05) is 23.1 Å². The number of halogens is 2. The van der Waals surface area contributed by atoms with Crippen LogP contribution in [0, 0.1) is 24.0 Å². The van der Waals surface area contributed by atoms with E-state index in [2.05, 4.69) is 4.98 Å². The summed E-state index contributed by atoms with van der Waals surface area (Å²) in [5.41, 5.74) is -1.26. The molecule has 4 rings (SSSR count). The van der Waals surface area contributed by atoms with Crippen molar-refractivity contribution >= 4 is 32.9 Å².